The molecule has 0 unspecified atom stereocenters. The van der Waals surface area contributed by atoms with E-state index in [0.717, 1.165) is 60.4 Å². The van der Waals surface area contributed by atoms with Crippen LogP contribution in [-0.4, -0.2) is 59.8 Å². The van der Waals surface area contributed by atoms with Gasteiger partial charge in [0.1, 0.15) is 5.54 Å². The molecule has 9 heteroatoms. The van der Waals surface area contributed by atoms with Gasteiger partial charge in [-0.1, -0.05) is 91.9 Å². The molecule has 0 aromatic heterocycles. The smallest absolute Gasteiger partial charge is 0.251 e. The van der Waals surface area contributed by atoms with Crippen molar-refractivity contribution in [3.05, 3.63) is 137 Å². The molecule has 4 atom stereocenters. The first-order valence-electron chi connectivity index (χ1n) is 17.2. The Morgan fingerprint density at radius 1 is 0.857 bits per heavy atom. The second kappa shape index (κ2) is 14.5. The van der Waals surface area contributed by atoms with Crippen LogP contribution in [0.1, 0.15) is 64.8 Å². The van der Waals surface area contributed by atoms with E-state index in [-0.39, 0.29) is 36.5 Å². The molecule has 3 N–H and O–H groups in total. The molecule has 2 amide bonds. The minimum atomic E-state index is -0.581. The van der Waals surface area contributed by atoms with Crippen LogP contribution in [0.4, 0.5) is 5.69 Å². The third-order valence-electron chi connectivity index (χ3n) is 10.4. The fourth-order valence-electron chi connectivity index (χ4n) is 7.39. The van der Waals surface area contributed by atoms with Gasteiger partial charge >= 0.3 is 0 Å². The number of anilines is 1. The Bertz CT molecular complexity index is 1710. The van der Waals surface area contributed by atoms with E-state index < -0.39 is 11.8 Å². The molecule has 0 saturated carbocycles. The van der Waals surface area contributed by atoms with Gasteiger partial charge in [0.25, 0.3) is 5.91 Å². The Morgan fingerprint density at radius 3 is 2.16 bits per heavy atom. The second-order valence-corrected chi connectivity index (χ2v) is 13.4. The molecule has 4 aromatic carbocycles. The summed E-state index contributed by atoms with van der Waals surface area (Å²) in [6.45, 7) is 5.40. The maximum absolute atomic E-state index is 13.2. The van der Waals surface area contributed by atoms with Crippen molar-refractivity contribution in [3.63, 3.8) is 0 Å². The summed E-state index contributed by atoms with van der Waals surface area (Å²) in [7, 11) is 0. The number of hydrogen-bond donors (Lipinski definition) is 3. The number of likely N-dealkylation sites (tertiary alicyclic amines) is 1. The van der Waals surface area contributed by atoms with Crippen LogP contribution in [0.3, 0.4) is 0 Å². The molecule has 7 rings (SSSR count). The Kier molecular flexibility index (Phi) is 9.77. The van der Waals surface area contributed by atoms with E-state index in [0.29, 0.717) is 18.8 Å². The minimum Gasteiger partial charge on any atom is -0.392 e. The average molecular weight is 661 g/mol. The van der Waals surface area contributed by atoms with Gasteiger partial charge in [0, 0.05) is 48.9 Å². The third-order valence-corrected chi connectivity index (χ3v) is 10.4. The number of carbonyl (C=O) groups excluding carboxylic acids is 2. The molecule has 0 bridgehead atoms. The monoisotopic (exact) mass is 660 g/mol. The normalized spacial score (nSPS) is 23.7. The van der Waals surface area contributed by atoms with Gasteiger partial charge in [-0.05, 0) is 53.8 Å². The van der Waals surface area contributed by atoms with Crippen LogP contribution >= 0.6 is 0 Å². The largest absolute Gasteiger partial charge is 0.392 e. The molecule has 4 aromatic rings. The van der Waals surface area contributed by atoms with E-state index in [4.69, 9.17) is 9.47 Å². The molecule has 3 heterocycles. The van der Waals surface area contributed by atoms with Crippen molar-refractivity contribution in [1.29, 1.82) is 0 Å². The Morgan fingerprint density at radius 2 is 1.49 bits per heavy atom. The molecule has 3 aliphatic rings. The number of aliphatic hydroxyl groups is 1. The number of rotatable bonds is 9. The predicted octanol–water partition coefficient (Wildman–Crippen LogP) is 5.33. The predicted molar refractivity (Wildman–Crippen MR) is 187 cm³/mol. The Labute approximate surface area is 287 Å². The molecule has 1 spiro atoms. The lowest BCUT2D eigenvalue weighted by Gasteiger charge is -2.46. The van der Waals surface area contributed by atoms with Gasteiger partial charge in [-0.15, -0.1) is 0 Å². The zero-order chi connectivity index (χ0) is 33.8. The number of piperidine rings is 1. The van der Waals surface area contributed by atoms with Crippen molar-refractivity contribution in [1.82, 2.24) is 15.5 Å². The highest BCUT2D eigenvalue weighted by molar-refractivity contribution is 5.94. The number of amides is 2. The molecule has 9 nitrogen and oxygen atoms in total. The maximum atomic E-state index is 13.2. The number of aliphatic hydroxyl groups excluding tert-OH is 1. The first-order valence-corrected chi connectivity index (χ1v) is 17.2. The van der Waals surface area contributed by atoms with Gasteiger partial charge in [0.2, 0.25) is 5.91 Å². The summed E-state index contributed by atoms with van der Waals surface area (Å²) in [5.74, 6) is 0.0527. The lowest BCUT2D eigenvalue weighted by Crippen LogP contribution is -2.57. The summed E-state index contributed by atoms with van der Waals surface area (Å²) in [5.41, 5.74) is 4.94. The minimum absolute atomic E-state index is 0.00988. The third kappa shape index (κ3) is 6.98. The van der Waals surface area contributed by atoms with Gasteiger partial charge in [-0.3, -0.25) is 9.59 Å². The molecule has 49 heavy (non-hydrogen) atoms. The van der Waals surface area contributed by atoms with E-state index >= 15 is 0 Å². The van der Waals surface area contributed by atoms with E-state index in [2.05, 4.69) is 39.5 Å². The number of nitrogens with zero attached hydrogens (tertiary/aromatic N) is 2. The van der Waals surface area contributed by atoms with Crippen molar-refractivity contribution in [2.45, 2.75) is 57.0 Å². The molecule has 254 valence electrons. The summed E-state index contributed by atoms with van der Waals surface area (Å²) in [6, 6.07) is 35.4. The van der Waals surface area contributed by atoms with E-state index in [1.54, 1.807) is 12.1 Å². The molecule has 3 aliphatic heterocycles. The lowest BCUT2D eigenvalue weighted by atomic mass is 9.84. The standard InChI is InChI=1S/C40H44N4O5/c1-28-35(25-43-22-20-40(21-23-43)39(47)42-27-44(40)34-10-6-3-7-11-34)48-38(49-36(28)31-16-14-30(26-45)15-17-31)33-18-12-29(13-19-33)24-41-37(46)32-8-4-2-5-9-32/h2-19,28,35-36,38,45H,20-27H2,1H3,(H,41,46)(H,42,47)/t28-,35+,36+,38+/m0/s1. The van der Waals surface area contributed by atoms with Crippen LogP contribution in [0.5, 0.6) is 0 Å². The topological polar surface area (TPSA) is 103 Å². The highest BCUT2D eigenvalue weighted by Crippen LogP contribution is 2.43. The first kappa shape index (κ1) is 33.0. The average Bonchev–Trinajstić information content (AvgIpc) is 3.47. The summed E-state index contributed by atoms with van der Waals surface area (Å²) in [5, 5.41) is 15.7. The Hall–Kier alpha value is -4.54. The number of para-hydroxylation sites is 1. The second-order valence-electron chi connectivity index (χ2n) is 13.4. The van der Waals surface area contributed by atoms with Gasteiger partial charge in [0.05, 0.1) is 25.5 Å². The van der Waals surface area contributed by atoms with Crippen molar-refractivity contribution in [3.8, 4) is 0 Å². The summed E-state index contributed by atoms with van der Waals surface area (Å²) >= 11 is 0. The van der Waals surface area contributed by atoms with E-state index in [1.165, 1.54) is 0 Å². The molecular weight excluding hydrogens is 616 g/mol. The number of nitrogens with one attached hydrogen (secondary N) is 2. The summed E-state index contributed by atoms with van der Waals surface area (Å²) in [4.78, 5) is 30.5. The Balaban J connectivity index is 1.05. The SMILES string of the molecule is C[C@H]1[C@@H](CN2CCC3(CC2)C(=O)NCN3c2ccccc2)O[C@@H](c2ccc(CNC(=O)c3ccccc3)cc2)O[C@H]1c1ccc(CO)cc1. The molecule has 0 radical (unpaired) electrons. The van der Waals surface area contributed by atoms with Crippen LogP contribution in [0.25, 0.3) is 0 Å². The van der Waals surface area contributed by atoms with Crippen LogP contribution < -0.4 is 15.5 Å². The zero-order valence-electron chi connectivity index (χ0n) is 27.8. The fraction of sp³-hybridized carbons (Fsp3) is 0.350. The summed E-state index contributed by atoms with van der Waals surface area (Å²) in [6.07, 6.45) is 0.558. The van der Waals surface area contributed by atoms with Gasteiger partial charge in [0.15, 0.2) is 6.29 Å². The highest BCUT2D eigenvalue weighted by Gasteiger charge is 2.51. The number of carbonyl (C=O) groups is 2. The quantitative estimate of drug-likeness (QED) is 0.223. The number of ether oxygens (including phenoxy) is 2. The molecule has 3 saturated heterocycles. The zero-order valence-corrected chi connectivity index (χ0v) is 27.8. The van der Waals surface area contributed by atoms with Crippen molar-refractivity contribution >= 4 is 17.5 Å². The molecule has 3 fully saturated rings. The van der Waals surface area contributed by atoms with Crippen molar-refractivity contribution in [2.24, 2.45) is 5.92 Å². The van der Waals surface area contributed by atoms with Crippen LogP contribution in [0.15, 0.2) is 109 Å². The summed E-state index contributed by atoms with van der Waals surface area (Å²) < 4.78 is 13.4. The molecular formula is C40H44N4O5. The van der Waals surface area contributed by atoms with Gasteiger partial charge in [-0.25, -0.2) is 0 Å². The van der Waals surface area contributed by atoms with E-state index in [9.17, 15) is 14.7 Å². The number of benzene rings is 4. The first-order chi connectivity index (χ1) is 23.9. The van der Waals surface area contributed by atoms with Crippen molar-refractivity contribution in [2.75, 3.05) is 31.2 Å². The van der Waals surface area contributed by atoms with Crippen molar-refractivity contribution < 1.29 is 24.2 Å². The van der Waals surface area contributed by atoms with Crippen LogP contribution in [-0.2, 0) is 27.4 Å². The maximum Gasteiger partial charge on any atom is 0.251 e. The van der Waals surface area contributed by atoms with Crippen LogP contribution in [0.2, 0.25) is 0 Å². The van der Waals surface area contributed by atoms with Gasteiger partial charge in [-0.2, -0.15) is 0 Å². The number of hydrogen-bond acceptors (Lipinski definition) is 7. The van der Waals surface area contributed by atoms with Crippen LogP contribution in [0, 0.1) is 5.92 Å². The van der Waals surface area contributed by atoms with E-state index in [1.807, 2.05) is 84.9 Å². The fourth-order valence-corrected chi connectivity index (χ4v) is 7.39. The lowest BCUT2D eigenvalue weighted by molar-refractivity contribution is -0.276. The van der Waals surface area contributed by atoms with Gasteiger partial charge < -0.3 is 35.0 Å². The highest BCUT2D eigenvalue weighted by atomic mass is 16.7. The molecule has 0 aliphatic carbocycles.